The number of hydrogen-bond donors (Lipinski definition) is 1. The quantitative estimate of drug-likeness (QED) is 0.652. The van der Waals surface area contributed by atoms with Gasteiger partial charge in [0, 0.05) is 25.2 Å². The number of rotatable bonds is 5. The fraction of sp³-hybridized carbons (Fsp3) is 0.571. The number of non-ortho nitro benzene ring substituents is 1. The van der Waals surface area contributed by atoms with Crippen LogP contribution in [-0.2, 0) is 16.4 Å². The SMILES string of the molecule is CCc1ccc([N+](=O)[O-])cc1S(=O)(=O)N1CCC(C)(CN)C1. The summed E-state index contributed by atoms with van der Waals surface area (Å²) in [4.78, 5) is 10.4. The largest absolute Gasteiger partial charge is 0.330 e. The van der Waals surface area contributed by atoms with Crippen molar-refractivity contribution in [3.63, 3.8) is 0 Å². The average Bonchev–Trinajstić information content (AvgIpc) is 2.90. The lowest BCUT2D eigenvalue weighted by molar-refractivity contribution is -0.385. The highest BCUT2D eigenvalue weighted by Gasteiger charge is 2.40. The zero-order valence-corrected chi connectivity index (χ0v) is 13.6. The minimum absolute atomic E-state index is 0.0328. The predicted octanol–water partition coefficient (Wildman–Crippen LogP) is 1.52. The molecular weight excluding hydrogens is 306 g/mol. The van der Waals surface area contributed by atoms with Gasteiger partial charge in [-0.2, -0.15) is 4.31 Å². The van der Waals surface area contributed by atoms with E-state index in [0.717, 1.165) is 6.07 Å². The van der Waals surface area contributed by atoms with Crippen molar-refractivity contribution in [2.75, 3.05) is 19.6 Å². The lowest BCUT2D eigenvalue weighted by Gasteiger charge is -2.23. The van der Waals surface area contributed by atoms with Crippen LogP contribution in [0.1, 0.15) is 25.8 Å². The molecule has 0 spiro atoms. The molecule has 122 valence electrons. The number of nitrogens with two attached hydrogens (primary N) is 1. The van der Waals surface area contributed by atoms with Gasteiger partial charge in [0.2, 0.25) is 10.0 Å². The molecule has 1 unspecified atom stereocenters. The van der Waals surface area contributed by atoms with E-state index in [1.807, 2.05) is 13.8 Å². The first-order chi connectivity index (χ1) is 10.2. The number of sulfonamides is 1. The average molecular weight is 327 g/mol. The first-order valence-corrected chi connectivity index (χ1v) is 8.65. The second kappa shape index (κ2) is 5.94. The minimum atomic E-state index is -3.75. The van der Waals surface area contributed by atoms with Crippen molar-refractivity contribution in [3.8, 4) is 0 Å². The monoisotopic (exact) mass is 327 g/mol. The highest BCUT2D eigenvalue weighted by atomic mass is 32.2. The summed E-state index contributed by atoms with van der Waals surface area (Å²) < 4.78 is 27.1. The smallest absolute Gasteiger partial charge is 0.270 e. The summed E-state index contributed by atoms with van der Waals surface area (Å²) in [5.74, 6) is 0. The molecule has 2 rings (SSSR count). The Morgan fingerprint density at radius 1 is 1.45 bits per heavy atom. The molecule has 0 amide bonds. The Hall–Kier alpha value is -1.51. The number of nitro benzene ring substituents is 1. The normalized spacial score (nSPS) is 22.9. The van der Waals surface area contributed by atoms with Crippen molar-refractivity contribution in [1.82, 2.24) is 4.31 Å². The van der Waals surface area contributed by atoms with Crippen molar-refractivity contribution in [2.45, 2.75) is 31.6 Å². The van der Waals surface area contributed by atoms with E-state index < -0.39 is 14.9 Å². The van der Waals surface area contributed by atoms with Crippen LogP contribution in [0.5, 0.6) is 0 Å². The standard InChI is InChI=1S/C14H21N3O4S/c1-3-11-4-5-12(17(18)19)8-13(11)22(20,21)16-7-6-14(2,9-15)10-16/h4-5,8H,3,6-7,9-10,15H2,1-2H3. The molecule has 1 aromatic carbocycles. The van der Waals surface area contributed by atoms with Crippen molar-refractivity contribution in [3.05, 3.63) is 33.9 Å². The van der Waals surface area contributed by atoms with E-state index in [0.29, 0.717) is 38.0 Å². The van der Waals surface area contributed by atoms with Gasteiger partial charge in [0.15, 0.2) is 0 Å². The number of hydrogen-bond acceptors (Lipinski definition) is 5. The third-order valence-electron chi connectivity index (χ3n) is 4.28. The van der Waals surface area contributed by atoms with Crippen LogP contribution in [0.4, 0.5) is 5.69 Å². The van der Waals surface area contributed by atoms with Gasteiger partial charge in [0.1, 0.15) is 0 Å². The number of nitrogens with zero attached hydrogens (tertiary/aromatic N) is 2. The molecule has 22 heavy (non-hydrogen) atoms. The summed E-state index contributed by atoms with van der Waals surface area (Å²) in [5, 5.41) is 10.9. The Labute approximate surface area is 130 Å². The molecule has 8 heteroatoms. The second-order valence-electron chi connectivity index (χ2n) is 6.01. The van der Waals surface area contributed by atoms with Gasteiger partial charge in [-0.15, -0.1) is 0 Å². The summed E-state index contributed by atoms with van der Waals surface area (Å²) in [5.41, 5.74) is 5.86. The lowest BCUT2D eigenvalue weighted by atomic mass is 9.90. The van der Waals surface area contributed by atoms with Gasteiger partial charge in [-0.1, -0.05) is 19.9 Å². The molecule has 0 bridgehead atoms. The molecule has 1 aliphatic heterocycles. The van der Waals surface area contributed by atoms with Crippen LogP contribution in [0.3, 0.4) is 0 Å². The summed E-state index contributed by atoms with van der Waals surface area (Å²) in [6.07, 6.45) is 1.19. The minimum Gasteiger partial charge on any atom is -0.330 e. The zero-order valence-electron chi connectivity index (χ0n) is 12.8. The van der Waals surface area contributed by atoms with Crippen LogP contribution in [-0.4, -0.2) is 37.3 Å². The Morgan fingerprint density at radius 2 is 2.14 bits per heavy atom. The molecule has 1 atom stereocenters. The maximum absolute atomic E-state index is 12.9. The van der Waals surface area contributed by atoms with E-state index in [4.69, 9.17) is 5.73 Å². The van der Waals surface area contributed by atoms with E-state index in [-0.39, 0.29) is 16.0 Å². The third kappa shape index (κ3) is 2.99. The van der Waals surface area contributed by atoms with Gasteiger partial charge in [-0.05, 0) is 30.4 Å². The van der Waals surface area contributed by atoms with Crippen LogP contribution in [0.25, 0.3) is 0 Å². The van der Waals surface area contributed by atoms with Gasteiger partial charge in [0.05, 0.1) is 9.82 Å². The Morgan fingerprint density at radius 3 is 2.64 bits per heavy atom. The Balaban J connectivity index is 2.45. The first-order valence-electron chi connectivity index (χ1n) is 7.21. The summed E-state index contributed by atoms with van der Waals surface area (Å²) >= 11 is 0. The van der Waals surface area contributed by atoms with Gasteiger partial charge in [-0.25, -0.2) is 8.42 Å². The van der Waals surface area contributed by atoms with E-state index in [1.54, 1.807) is 0 Å². The van der Waals surface area contributed by atoms with Crippen LogP contribution in [0.15, 0.2) is 23.1 Å². The number of aryl methyl sites for hydroxylation is 1. The highest BCUT2D eigenvalue weighted by molar-refractivity contribution is 7.89. The number of benzene rings is 1. The second-order valence-corrected chi connectivity index (χ2v) is 7.91. The molecule has 0 radical (unpaired) electrons. The third-order valence-corrected chi connectivity index (χ3v) is 6.20. The molecular formula is C14H21N3O4S. The molecule has 0 saturated carbocycles. The number of nitro groups is 1. The fourth-order valence-electron chi connectivity index (χ4n) is 2.68. The van der Waals surface area contributed by atoms with Gasteiger partial charge < -0.3 is 5.73 Å². The Kier molecular flexibility index (Phi) is 4.55. The maximum Gasteiger partial charge on any atom is 0.270 e. The topological polar surface area (TPSA) is 107 Å². The van der Waals surface area contributed by atoms with E-state index >= 15 is 0 Å². The summed E-state index contributed by atoms with van der Waals surface area (Å²) in [7, 11) is -3.75. The predicted molar refractivity (Wildman–Crippen MR) is 83.0 cm³/mol. The first kappa shape index (κ1) is 16.9. The summed E-state index contributed by atoms with van der Waals surface area (Å²) in [6.45, 7) is 4.93. The molecule has 2 N–H and O–H groups in total. The van der Waals surface area contributed by atoms with Crippen LogP contribution in [0.2, 0.25) is 0 Å². The van der Waals surface area contributed by atoms with Gasteiger partial charge in [0.25, 0.3) is 5.69 Å². The molecule has 7 nitrogen and oxygen atoms in total. The van der Waals surface area contributed by atoms with E-state index in [9.17, 15) is 18.5 Å². The molecule has 1 saturated heterocycles. The van der Waals surface area contributed by atoms with E-state index in [1.165, 1.54) is 16.4 Å². The maximum atomic E-state index is 12.9. The van der Waals surface area contributed by atoms with Crippen molar-refractivity contribution < 1.29 is 13.3 Å². The Bertz CT molecular complexity index is 689. The van der Waals surface area contributed by atoms with Gasteiger partial charge >= 0.3 is 0 Å². The van der Waals surface area contributed by atoms with Crippen LogP contribution in [0, 0.1) is 15.5 Å². The summed E-state index contributed by atoms with van der Waals surface area (Å²) in [6, 6.07) is 4.02. The molecule has 0 aromatic heterocycles. The molecule has 1 aromatic rings. The fourth-order valence-corrected chi connectivity index (χ4v) is 4.58. The van der Waals surface area contributed by atoms with Crippen LogP contribution >= 0.6 is 0 Å². The van der Waals surface area contributed by atoms with Crippen molar-refractivity contribution >= 4 is 15.7 Å². The lowest BCUT2D eigenvalue weighted by Crippen LogP contribution is -2.34. The molecule has 1 aliphatic rings. The molecule has 1 fully saturated rings. The van der Waals surface area contributed by atoms with E-state index in [2.05, 4.69) is 0 Å². The highest BCUT2D eigenvalue weighted by Crippen LogP contribution is 2.34. The van der Waals surface area contributed by atoms with Crippen LogP contribution < -0.4 is 5.73 Å². The van der Waals surface area contributed by atoms with Crippen molar-refractivity contribution in [1.29, 1.82) is 0 Å². The van der Waals surface area contributed by atoms with Crippen molar-refractivity contribution in [2.24, 2.45) is 11.1 Å². The molecule has 1 heterocycles. The van der Waals surface area contributed by atoms with Gasteiger partial charge in [-0.3, -0.25) is 10.1 Å². The molecule has 0 aliphatic carbocycles. The zero-order chi connectivity index (χ0) is 16.5.